The summed E-state index contributed by atoms with van der Waals surface area (Å²) in [6.07, 6.45) is 0. The van der Waals surface area contributed by atoms with E-state index >= 15 is 0 Å². The minimum atomic E-state index is -0.308. The molecule has 0 aromatic heterocycles. The number of hydrogen-bond donors (Lipinski definition) is 2. The van der Waals surface area contributed by atoms with Gasteiger partial charge in [-0.2, -0.15) is 0 Å². The Labute approximate surface area is 167 Å². The molecule has 0 saturated carbocycles. The highest BCUT2D eigenvalue weighted by Gasteiger charge is 2.10. The molecule has 0 saturated heterocycles. The first-order valence-corrected chi connectivity index (χ1v) is 8.89. The summed E-state index contributed by atoms with van der Waals surface area (Å²) in [6.45, 7) is 1.48. The third kappa shape index (κ3) is 4.84. The van der Waals surface area contributed by atoms with Crippen molar-refractivity contribution in [3.8, 4) is 0 Å². The molecule has 2 N–H and O–H groups in total. The Hall–Kier alpha value is -3.44. The predicted molar refractivity (Wildman–Crippen MR) is 110 cm³/mol. The molecule has 3 rings (SSSR count). The van der Waals surface area contributed by atoms with E-state index in [0.717, 1.165) is 0 Å². The lowest BCUT2D eigenvalue weighted by Gasteiger charge is -2.08. The predicted octanol–water partition coefficient (Wildman–Crippen LogP) is 5.05. The number of anilines is 2. The first-order valence-electron chi connectivity index (χ1n) is 8.52. The average Bonchev–Trinajstić information content (AvgIpc) is 2.68. The van der Waals surface area contributed by atoms with Crippen LogP contribution in [0.4, 0.5) is 11.4 Å². The Bertz CT molecular complexity index is 1030. The molecular formula is C22H17ClN2O3. The number of nitrogens with one attached hydrogen (secondary N) is 2. The van der Waals surface area contributed by atoms with E-state index in [9.17, 15) is 14.4 Å². The number of Topliss-reactive ketones (excluding diaryl/α,β-unsaturated/α-hetero) is 1. The number of halogens is 1. The molecule has 0 radical (unpaired) electrons. The van der Waals surface area contributed by atoms with Gasteiger partial charge in [0.1, 0.15) is 0 Å². The zero-order chi connectivity index (χ0) is 20.1. The van der Waals surface area contributed by atoms with Gasteiger partial charge in [0.15, 0.2) is 5.78 Å². The summed E-state index contributed by atoms with van der Waals surface area (Å²) in [6, 6.07) is 19.8. The Morgan fingerprint density at radius 2 is 1.18 bits per heavy atom. The van der Waals surface area contributed by atoms with Crippen molar-refractivity contribution in [2.45, 2.75) is 6.92 Å². The number of amides is 2. The van der Waals surface area contributed by atoms with Crippen molar-refractivity contribution in [1.29, 1.82) is 0 Å². The van der Waals surface area contributed by atoms with Crippen LogP contribution in [0.2, 0.25) is 5.02 Å². The lowest BCUT2D eigenvalue weighted by Crippen LogP contribution is -2.14. The summed E-state index contributed by atoms with van der Waals surface area (Å²) in [5, 5.41) is 6.03. The number of carbonyl (C=O) groups is 3. The molecule has 0 aliphatic carbocycles. The van der Waals surface area contributed by atoms with Gasteiger partial charge in [0.25, 0.3) is 11.8 Å². The van der Waals surface area contributed by atoms with Crippen molar-refractivity contribution < 1.29 is 14.4 Å². The molecule has 0 heterocycles. The molecule has 140 valence electrons. The molecule has 0 atom stereocenters. The first kappa shape index (κ1) is 19.3. The van der Waals surface area contributed by atoms with E-state index in [2.05, 4.69) is 10.6 Å². The molecule has 28 heavy (non-hydrogen) atoms. The second-order valence-corrected chi connectivity index (χ2v) is 6.57. The smallest absolute Gasteiger partial charge is 0.255 e. The maximum absolute atomic E-state index is 12.3. The second kappa shape index (κ2) is 8.50. The van der Waals surface area contributed by atoms with E-state index < -0.39 is 0 Å². The summed E-state index contributed by atoms with van der Waals surface area (Å²) in [5.41, 5.74) is 2.58. The zero-order valence-corrected chi connectivity index (χ0v) is 15.8. The molecule has 3 aromatic rings. The van der Waals surface area contributed by atoms with Crippen LogP contribution in [-0.2, 0) is 0 Å². The van der Waals surface area contributed by atoms with E-state index in [-0.39, 0.29) is 17.6 Å². The molecular weight excluding hydrogens is 376 g/mol. The third-order valence-corrected chi connectivity index (χ3v) is 4.28. The number of ketones is 1. The SMILES string of the molecule is CC(=O)c1ccc(NC(=O)c2ccc(C(=O)Nc3cccc(Cl)c3)cc2)cc1. The van der Waals surface area contributed by atoms with Crippen molar-refractivity contribution in [2.24, 2.45) is 0 Å². The lowest BCUT2D eigenvalue weighted by molar-refractivity contribution is 0.101. The van der Waals surface area contributed by atoms with Crippen LogP contribution >= 0.6 is 11.6 Å². The molecule has 0 fully saturated rings. The standard InChI is InChI=1S/C22H17ClN2O3/c1-14(26)15-9-11-19(12-10-15)24-21(27)16-5-7-17(8-6-16)22(28)25-20-4-2-3-18(23)13-20/h2-13H,1H3,(H,24,27)(H,25,28). The number of rotatable bonds is 5. The van der Waals surface area contributed by atoms with Gasteiger partial charge in [0.2, 0.25) is 0 Å². The summed E-state index contributed by atoms with van der Waals surface area (Å²) in [7, 11) is 0. The van der Waals surface area contributed by atoms with Crippen molar-refractivity contribution in [3.05, 3.63) is 94.5 Å². The third-order valence-electron chi connectivity index (χ3n) is 4.04. The molecule has 0 bridgehead atoms. The monoisotopic (exact) mass is 392 g/mol. The van der Waals surface area contributed by atoms with E-state index in [1.807, 2.05) is 0 Å². The van der Waals surface area contributed by atoms with Gasteiger partial charge < -0.3 is 10.6 Å². The first-order chi connectivity index (χ1) is 13.4. The topological polar surface area (TPSA) is 75.3 Å². The largest absolute Gasteiger partial charge is 0.322 e. The summed E-state index contributed by atoms with van der Waals surface area (Å²) in [5.74, 6) is -0.643. The van der Waals surface area contributed by atoms with E-state index in [0.29, 0.717) is 33.1 Å². The van der Waals surface area contributed by atoms with Crippen LogP contribution in [0.3, 0.4) is 0 Å². The van der Waals surface area contributed by atoms with Crippen molar-refractivity contribution in [2.75, 3.05) is 10.6 Å². The molecule has 0 aliphatic rings. The molecule has 0 unspecified atom stereocenters. The normalized spacial score (nSPS) is 10.2. The van der Waals surface area contributed by atoms with Gasteiger partial charge in [-0.25, -0.2) is 0 Å². The maximum atomic E-state index is 12.3. The van der Waals surface area contributed by atoms with Crippen LogP contribution in [0.25, 0.3) is 0 Å². The fraction of sp³-hybridized carbons (Fsp3) is 0.0455. The average molecular weight is 393 g/mol. The van der Waals surface area contributed by atoms with E-state index in [1.54, 1.807) is 72.8 Å². The quantitative estimate of drug-likeness (QED) is 0.597. The molecule has 2 amide bonds. The van der Waals surface area contributed by atoms with Crippen LogP contribution in [0.1, 0.15) is 38.0 Å². The van der Waals surface area contributed by atoms with Crippen molar-refractivity contribution in [1.82, 2.24) is 0 Å². The summed E-state index contributed by atoms with van der Waals surface area (Å²) in [4.78, 5) is 35.9. The van der Waals surface area contributed by atoms with Crippen LogP contribution < -0.4 is 10.6 Å². The Kier molecular flexibility index (Phi) is 5.87. The summed E-state index contributed by atoms with van der Waals surface area (Å²) < 4.78 is 0. The summed E-state index contributed by atoms with van der Waals surface area (Å²) >= 11 is 5.91. The number of hydrogen-bond acceptors (Lipinski definition) is 3. The highest BCUT2D eigenvalue weighted by atomic mass is 35.5. The van der Waals surface area contributed by atoms with Crippen LogP contribution in [-0.4, -0.2) is 17.6 Å². The van der Waals surface area contributed by atoms with Gasteiger partial charge in [0.05, 0.1) is 0 Å². The minimum Gasteiger partial charge on any atom is -0.322 e. The Balaban J connectivity index is 1.65. The van der Waals surface area contributed by atoms with Crippen LogP contribution in [0.5, 0.6) is 0 Å². The van der Waals surface area contributed by atoms with Gasteiger partial charge in [-0.05, 0) is 73.7 Å². The highest BCUT2D eigenvalue weighted by Crippen LogP contribution is 2.17. The number of carbonyl (C=O) groups excluding carboxylic acids is 3. The van der Waals surface area contributed by atoms with Gasteiger partial charge >= 0.3 is 0 Å². The maximum Gasteiger partial charge on any atom is 0.255 e. The van der Waals surface area contributed by atoms with Gasteiger partial charge in [-0.1, -0.05) is 17.7 Å². The second-order valence-electron chi connectivity index (χ2n) is 6.13. The van der Waals surface area contributed by atoms with Crippen molar-refractivity contribution in [3.63, 3.8) is 0 Å². The van der Waals surface area contributed by atoms with E-state index in [1.165, 1.54) is 6.92 Å². The van der Waals surface area contributed by atoms with Gasteiger partial charge in [-0.15, -0.1) is 0 Å². The zero-order valence-electron chi connectivity index (χ0n) is 15.0. The van der Waals surface area contributed by atoms with Crippen LogP contribution in [0, 0.1) is 0 Å². The highest BCUT2D eigenvalue weighted by molar-refractivity contribution is 6.31. The van der Waals surface area contributed by atoms with Crippen molar-refractivity contribution >= 4 is 40.6 Å². The Morgan fingerprint density at radius 1 is 0.679 bits per heavy atom. The lowest BCUT2D eigenvalue weighted by atomic mass is 10.1. The fourth-order valence-corrected chi connectivity index (χ4v) is 2.72. The van der Waals surface area contributed by atoms with E-state index in [4.69, 9.17) is 11.6 Å². The molecule has 6 heteroatoms. The molecule has 5 nitrogen and oxygen atoms in total. The minimum absolute atomic E-state index is 0.0375. The van der Waals surface area contributed by atoms with Crippen LogP contribution in [0.15, 0.2) is 72.8 Å². The van der Waals surface area contributed by atoms with Gasteiger partial charge in [-0.3, -0.25) is 14.4 Å². The molecule has 3 aromatic carbocycles. The molecule has 0 spiro atoms. The number of benzene rings is 3. The fourth-order valence-electron chi connectivity index (χ4n) is 2.53. The Morgan fingerprint density at radius 3 is 1.68 bits per heavy atom. The van der Waals surface area contributed by atoms with Gasteiger partial charge in [0, 0.05) is 33.1 Å². The molecule has 0 aliphatic heterocycles.